The lowest BCUT2D eigenvalue weighted by Gasteiger charge is -2.27. The summed E-state index contributed by atoms with van der Waals surface area (Å²) in [6, 6.07) is 3.64. The first-order chi connectivity index (χ1) is 15.6. The van der Waals surface area contributed by atoms with Gasteiger partial charge in [0.05, 0.1) is 23.8 Å². The molecule has 3 rings (SSSR count). The monoisotopic (exact) mass is 480 g/mol. The number of hydrogen-bond acceptors (Lipinski definition) is 5. The Bertz CT molecular complexity index is 1060. The van der Waals surface area contributed by atoms with E-state index in [4.69, 9.17) is 16.4 Å². The Hall–Kier alpha value is -3.18. The van der Waals surface area contributed by atoms with Crippen LogP contribution in [0.2, 0.25) is 5.02 Å². The molecule has 33 heavy (non-hydrogen) atoms. The highest BCUT2D eigenvalue weighted by molar-refractivity contribution is 6.31. The van der Waals surface area contributed by atoms with Crippen LogP contribution in [0.25, 0.3) is 0 Å². The van der Waals surface area contributed by atoms with Gasteiger partial charge in [0, 0.05) is 51.1 Å². The van der Waals surface area contributed by atoms with E-state index in [1.54, 1.807) is 23.7 Å². The van der Waals surface area contributed by atoms with Crippen molar-refractivity contribution in [1.29, 1.82) is 0 Å². The number of hydroxylamine groups is 2. The molecule has 10 nitrogen and oxygen atoms in total. The number of rotatable bonds is 7. The van der Waals surface area contributed by atoms with Crippen LogP contribution in [-0.2, 0) is 33.9 Å². The van der Waals surface area contributed by atoms with Crippen LogP contribution in [0.5, 0.6) is 0 Å². The van der Waals surface area contributed by atoms with Crippen LogP contribution in [0.4, 0.5) is 14.9 Å². The van der Waals surface area contributed by atoms with Crippen LogP contribution in [0, 0.1) is 12.7 Å². The molecular formula is C21H26ClFN6O4. The molecule has 1 atom stereocenters. The molecule has 1 aromatic heterocycles. The Morgan fingerprint density at radius 2 is 2.09 bits per heavy atom. The number of carbonyl (C=O) groups is 3. The fourth-order valence-corrected chi connectivity index (χ4v) is 3.70. The van der Waals surface area contributed by atoms with Crippen molar-refractivity contribution in [2.75, 3.05) is 33.0 Å². The highest BCUT2D eigenvalue weighted by Gasteiger charge is 2.29. The SMILES string of the molecule is Cc1c2c(nn1CC(ON(C)C=O)C(=O)N(C)C)CCN(C(=O)Nc1ccc(F)c(Cl)c1)C2. The van der Waals surface area contributed by atoms with Crippen molar-refractivity contribution in [3.05, 3.63) is 46.0 Å². The second kappa shape index (κ2) is 10.2. The Morgan fingerprint density at radius 3 is 2.73 bits per heavy atom. The molecule has 0 saturated heterocycles. The zero-order valence-corrected chi connectivity index (χ0v) is 19.6. The zero-order chi connectivity index (χ0) is 24.3. The highest BCUT2D eigenvalue weighted by Crippen LogP contribution is 2.24. The largest absolute Gasteiger partial charge is 0.346 e. The smallest absolute Gasteiger partial charge is 0.322 e. The maximum absolute atomic E-state index is 13.4. The number of halogens is 2. The third-order valence-electron chi connectivity index (χ3n) is 5.34. The fourth-order valence-electron chi connectivity index (χ4n) is 3.52. The number of fused-ring (bicyclic) bond motifs is 1. The lowest BCUT2D eigenvalue weighted by atomic mass is 10.1. The minimum Gasteiger partial charge on any atom is -0.346 e. The third kappa shape index (κ3) is 5.60. The summed E-state index contributed by atoms with van der Waals surface area (Å²) in [5, 5.41) is 8.20. The van der Waals surface area contributed by atoms with Gasteiger partial charge >= 0.3 is 6.03 Å². The maximum Gasteiger partial charge on any atom is 0.322 e. The summed E-state index contributed by atoms with van der Waals surface area (Å²) in [5.41, 5.74) is 2.90. The number of nitrogens with one attached hydrogen (secondary N) is 1. The van der Waals surface area contributed by atoms with Gasteiger partial charge in [0.1, 0.15) is 5.82 Å². The normalized spacial score (nSPS) is 13.8. The van der Waals surface area contributed by atoms with Gasteiger partial charge in [-0.15, -0.1) is 0 Å². The Labute approximate surface area is 195 Å². The summed E-state index contributed by atoms with van der Waals surface area (Å²) in [4.78, 5) is 44.7. The molecule has 2 aromatic rings. The van der Waals surface area contributed by atoms with E-state index in [0.717, 1.165) is 22.0 Å². The first kappa shape index (κ1) is 24.5. The van der Waals surface area contributed by atoms with Crippen molar-refractivity contribution in [2.45, 2.75) is 32.5 Å². The van der Waals surface area contributed by atoms with Gasteiger partial charge < -0.3 is 15.1 Å². The Morgan fingerprint density at radius 1 is 1.36 bits per heavy atom. The van der Waals surface area contributed by atoms with Crippen LogP contribution in [0.15, 0.2) is 18.2 Å². The van der Waals surface area contributed by atoms with E-state index in [2.05, 4.69) is 10.4 Å². The van der Waals surface area contributed by atoms with Crippen molar-refractivity contribution in [2.24, 2.45) is 0 Å². The first-order valence-corrected chi connectivity index (χ1v) is 10.6. The van der Waals surface area contributed by atoms with E-state index in [0.29, 0.717) is 31.6 Å². The van der Waals surface area contributed by atoms with Crippen LogP contribution in [-0.4, -0.2) is 76.8 Å². The molecule has 1 N–H and O–H groups in total. The van der Waals surface area contributed by atoms with Crippen molar-refractivity contribution in [3.8, 4) is 0 Å². The van der Waals surface area contributed by atoms with E-state index < -0.39 is 11.9 Å². The average Bonchev–Trinajstić information content (AvgIpc) is 3.09. The lowest BCUT2D eigenvalue weighted by Crippen LogP contribution is -2.42. The van der Waals surface area contributed by atoms with Crippen LogP contribution >= 0.6 is 11.6 Å². The molecule has 178 valence electrons. The first-order valence-electron chi connectivity index (χ1n) is 10.2. The number of urea groups is 1. The summed E-state index contributed by atoms with van der Waals surface area (Å²) in [5.74, 6) is -0.870. The predicted octanol–water partition coefficient (Wildman–Crippen LogP) is 2.05. The molecule has 1 aromatic carbocycles. The van der Waals surface area contributed by atoms with E-state index in [1.807, 2.05) is 6.92 Å². The molecule has 0 bridgehead atoms. The van der Waals surface area contributed by atoms with Gasteiger partial charge in [0.2, 0.25) is 6.41 Å². The maximum atomic E-state index is 13.4. The van der Waals surface area contributed by atoms with Crippen molar-refractivity contribution in [3.63, 3.8) is 0 Å². The standard InChI is InChI=1S/C21H26ClFN6O4/c1-13-15-10-28(21(32)24-14-5-6-17(23)16(22)9-14)8-7-18(15)25-29(13)11-19(20(31)26(2)3)33-27(4)12-30/h5-6,9,12,19H,7-8,10-11H2,1-4H3,(H,24,32). The molecule has 0 spiro atoms. The van der Waals surface area contributed by atoms with Crippen LogP contribution < -0.4 is 5.32 Å². The Kier molecular flexibility index (Phi) is 7.54. The number of likely N-dealkylation sites (N-methyl/N-ethyl adjacent to an activating group) is 1. The topological polar surface area (TPSA) is 100 Å². The summed E-state index contributed by atoms with van der Waals surface area (Å²) in [6.45, 7) is 2.72. The number of anilines is 1. The number of amides is 4. The number of nitrogens with zero attached hydrogens (tertiary/aromatic N) is 5. The molecule has 0 aliphatic carbocycles. The summed E-state index contributed by atoms with van der Waals surface area (Å²) in [7, 11) is 4.62. The van der Waals surface area contributed by atoms with E-state index >= 15 is 0 Å². The van der Waals surface area contributed by atoms with Gasteiger partial charge in [-0.05, 0) is 25.1 Å². The molecular weight excluding hydrogens is 455 g/mol. The van der Waals surface area contributed by atoms with Gasteiger partial charge in [-0.1, -0.05) is 11.6 Å². The van der Waals surface area contributed by atoms with Gasteiger partial charge in [-0.3, -0.25) is 19.1 Å². The van der Waals surface area contributed by atoms with Gasteiger partial charge in [0.15, 0.2) is 6.10 Å². The Balaban J connectivity index is 1.74. The summed E-state index contributed by atoms with van der Waals surface area (Å²) < 4.78 is 15.0. The number of aromatic nitrogens is 2. The van der Waals surface area contributed by atoms with Crippen molar-refractivity contribution < 1.29 is 23.6 Å². The van der Waals surface area contributed by atoms with E-state index in [9.17, 15) is 18.8 Å². The molecule has 1 aliphatic heterocycles. The molecule has 12 heteroatoms. The second-order valence-corrected chi connectivity index (χ2v) is 8.31. The van der Waals surface area contributed by atoms with E-state index in [-0.39, 0.29) is 23.5 Å². The third-order valence-corrected chi connectivity index (χ3v) is 5.63. The second-order valence-electron chi connectivity index (χ2n) is 7.90. The molecule has 0 saturated carbocycles. The molecule has 1 aliphatic rings. The fraction of sp³-hybridized carbons (Fsp3) is 0.429. The zero-order valence-electron chi connectivity index (χ0n) is 18.8. The van der Waals surface area contributed by atoms with Crippen molar-refractivity contribution >= 4 is 35.6 Å². The van der Waals surface area contributed by atoms with E-state index in [1.165, 1.54) is 30.1 Å². The van der Waals surface area contributed by atoms with Crippen LogP contribution in [0.3, 0.4) is 0 Å². The minimum absolute atomic E-state index is 0.0740. The number of hydrogen-bond donors (Lipinski definition) is 1. The lowest BCUT2D eigenvalue weighted by molar-refractivity contribution is -0.194. The van der Waals surface area contributed by atoms with Gasteiger partial charge in [-0.2, -0.15) is 5.10 Å². The molecule has 4 amide bonds. The quantitative estimate of drug-likeness (QED) is 0.483. The summed E-state index contributed by atoms with van der Waals surface area (Å²) >= 11 is 5.79. The van der Waals surface area contributed by atoms with Gasteiger partial charge in [-0.25, -0.2) is 14.2 Å². The van der Waals surface area contributed by atoms with Crippen LogP contribution in [0.1, 0.15) is 17.0 Å². The minimum atomic E-state index is -0.946. The van der Waals surface area contributed by atoms with Gasteiger partial charge in [0.25, 0.3) is 5.91 Å². The molecule has 2 heterocycles. The predicted molar refractivity (Wildman–Crippen MR) is 119 cm³/mol. The molecule has 1 unspecified atom stereocenters. The number of carbonyl (C=O) groups excluding carboxylic acids is 3. The average molecular weight is 481 g/mol. The molecule has 0 radical (unpaired) electrons. The highest BCUT2D eigenvalue weighted by atomic mass is 35.5. The summed E-state index contributed by atoms with van der Waals surface area (Å²) in [6.07, 6.45) is 0.0574. The molecule has 0 fully saturated rings. The number of benzene rings is 1. The van der Waals surface area contributed by atoms with Crippen molar-refractivity contribution in [1.82, 2.24) is 24.6 Å².